The second-order valence-corrected chi connectivity index (χ2v) is 10.0. The molecular weight excluding hydrogens is 420 g/mol. The highest BCUT2D eigenvalue weighted by atomic mass is 32.1. The Bertz CT molecular complexity index is 1090. The molecule has 0 radical (unpaired) electrons. The van der Waals surface area contributed by atoms with Crippen LogP contribution in [0.5, 0.6) is 0 Å². The standard InChI is InChI=1S/C25H30N4O2S/c1-26-12-14-28(15-13-26)24(31)25(8-10-27(19-30)11-9-25)23-17-22-21(7-16-32-22)29(23)18-20-5-3-2-4-6-20/h2-7,16-17,19H,8-15,18H2,1H3. The number of hydrogen-bond acceptors (Lipinski definition) is 4. The van der Waals surface area contributed by atoms with Crippen LogP contribution in [0.1, 0.15) is 24.1 Å². The molecule has 5 rings (SSSR count). The van der Waals surface area contributed by atoms with Crippen LogP contribution in [0.25, 0.3) is 10.2 Å². The number of amides is 2. The summed E-state index contributed by atoms with van der Waals surface area (Å²) in [5.74, 6) is 0.232. The van der Waals surface area contributed by atoms with Crippen molar-refractivity contribution in [1.29, 1.82) is 0 Å². The molecule has 3 aromatic rings. The number of piperidine rings is 1. The van der Waals surface area contributed by atoms with E-state index < -0.39 is 5.41 Å². The Morgan fingerprint density at radius 3 is 2.44 bits per heavy atom. The molecule has 2 aromatic heterocycles. The summed E-state index contributed by atoms with van der Waals surface area (Å²) >= 11 is 1.73. The first-order chi connectivity index (χ1) is 15.6. The van der Waals surface area contributed by atoms with Crippen LogP contribution in [0.3, 0.4) is 0 Å². The lowest BCUT2D eigenvalue weighted by atomic mass is 9.74. The van der Waals surface area contributed by atoms with E-state index in [0.717, 1.165) is 44.8 Å². The van der Waals surface area contributed by atoms with Crippen LogP contribution in [0, 0.1) is 0 Å². The molecule has 4 heterocycles. The number of carbonyl (C=O) groups is 2. The van der Waals surface area contributed by atoms with Gasteiger partial charge in [-0.3, -0.25) is 9.59 Å². The second-order valence-electron chi connectivity index (χ2n) is 9.09. The van der Waals surface area contributed by atoms with Crippen LogP contribution in [-0.2, 0) is 21.5 Å². The first-order valence-electron chi connectivity index (χ1n) is 11.4. The lowest BCUT2D eigenvalue weighted by Gasteiger charge is -2.44. The minimum atomic E-state index is -0.594. The number of hydrogen-bond donors (Lipinski definition) is 0. The Balaban J connectivity index is 1.58. The van der Waals surface area contributed by atoms with Gasteiger partial charge >= 0.3 is 0 Å². The van der Waals surface area contributed by atoms with Gasteiger partial charge in [0.05, 0.1) is 15.6 Å². The van der Waals surface area contributed by atoms with Crippen molar-refractivity contribution in [1.82, 2.24) is 19.3 Å². The fraction of sp³-hybridized carbons (Fsp3) is 0.440. The maximum absolute atomic E-state index is 14.2. The van der Waals surface area contributed by atoms with Gasteiger partial charge in [0.1, 0.15) is 0 Å². The number of benzene rings is 1. The quantitative estimate of drug-likeness (QED) is 0.562. The van der Waals surface area contributed by atoms with Crippen molar-refractivity contribution in [3.63, 3.8) is 0 Å². The third-order valence-electron chi connectivity index (χ3n) is 7.20. The molecule has 0 aliphatic carbocycles. The van der Waals surface area contributed by atoms with Gasteiger partial charge in [-0.25, -0.2) is 0 Å². The minimum Gasteiger partial charge on any atom is -0.345 e. The van der Waals surface area contributed by atoms with Crippen molar-refractivity contribution in [3.05, 3.63) is 59.1 Å². The van der Waals surface area contributed by atoms with Crippen molar-refractivity contribution < 1.29 is 9.59 Å². The second kappa shape index (κ2) is 8.71. The van der Waals surface area contributed by atoms with E-state index in [0.29, 0.717) is 25.9 Å². The van der Waals surface area contributed by atoms with Crippen LogP contribution < -0.4 is 0 Å². The normalized spacial score (nSPS) is 19.4. The lowest BCUT2D eigenvalue weighted by molar-refractivity contribution is -0.142. The summed E-state index contributed by atoms with van der Waals surface area (Å²) in [7, 11) is 2.11. The van der Waals surface area contributed by atoms with E-state index in [1.807, 2.05) is 11.0 Å². The molecule has 6 nitrogen and oxygen atoms in total. The number of thiophene rings is 1. The molecule has 2 fully saturated rings. The van der Waals surface area contributed by atoms with Crippen molar-refractivity contribution in [2.24, 2.45) is 0 Å². The van der Waals surface area contributed by atoms with Gasteiger partial charge in [-0.1, -0.05) is 30.3 Å². The van der Waals surface area contributed by atoms with Gasteiger partial charge in [0.15, 0.2) is 0 Å². The third-order valence-corrected chi connectivity index (χ3v) is 8.05. The number of likely N-dealkylation sites (tertiary alicyclic amines) is 1. The van der Waals surface area contributed by atoms with Gasteiger partial charge in [0.2, 0.25) is 12.3 Å². The summed E-state index contributed by atoms with van der Waals surface area (Å²) in [6.07, 6.45) is 2.26. The molecule has 168 valence electrons. The third kappa shape index (κ3) is 3.73. The SMILES string of the molecule is CN1CCN(C(=O)C2(c3cc4sccc4n3Cc3ccccc3)CCN(C=O)CC2)CC1. The number of rotatable bonds is 5. The zero-order chi connectivity index (χ0) is 22.1. The molecule has 0 atom stereocenters. The number of piperazine rings is 1. The molecule has 0 N–H and O–H groups in total. The number of fused-ring (bicyclic) bond motifs is 1. The number of aromatic nitrogens is 1. The molecule has 0 unspecified atom stereocenters. The van der Waals surface area contributed by atoms with Crippen molar-refractivity contribution >= 4 is 33.9 Å². The Kier molecular flexibility index (Phi) is 5.78. The average Bonchev–Trinajstić information content (AvgIpc) is 3.43. The fourth-order valence-electron chi connectivity index (χ4n) is 5.21. The highest BCUT2D eigenvalue weighted by molar-refractivity contribution is 7.17. The zero-order valence-electron chi connectivity index (χ0n) is 18.6. The largest absolute Gasteiger partial charge is 0.345 e. The maximum atomic E-state index is 14.2. The number of likely N-dealkylation sites (N-methyl/N-ethyl adjacent to an activating group) is 1. The highest BCUT2D eigenvalue weighted by Crippen LogP contribution is 2.41. The Labute approximate surface area is 193 Å². The molecule has 32 heavy (non-hydrogen) atoms. The van der Waals surface area contributed by atoms with Crippen molar-refractivity contribution in [2.75, 3.05) is 46.3 Å². The van der Waals surface area contributed by atoms with Crippen LogP contribution in [0.4, 0.5) is 0 Å². The average molecular weight is 451 g/mol. The van der Waals surface area contributed by atoms with Crippen LogP contribution >= 0.6 is 11.3 Å². The smallest absolute Gasteiger partial charge is 0.234 e. The van der Waals surface area contributed by atoms with Gasteiger partial charge in [0, 0.05) is 51.5 Å². The summed E-state index contributed by atoms with van der Waals surface area (Å²) < 4.78 is 3.57. The van der Waals surface area contributed by atoms with Gasteiger partial charge < -0.3 is 19.3 Å². The van der Waals surface area contributed by atoms with E-state index >= 15 is 0 Å². The molecule has 0 bridgehead atoms. The topological polar surface area (TPSA) is 48.8 Å². The van der Waals surface area contributed by atoms with E-state index in [1.165, 1.54) is 15.8 Å². The van der Waals surface area contributed by atoms with Crippen LogP contribution in [0.15, 0.2) is 47.8 Å². The Morgan fingerprint density at radius 2 is 1.75 bits per heavy atom. The maximum Gasteiger partial charge on any atom is 0.234 e. The molecule has 1 aromatic carbocycles. The van der Waals surface area contributed by atoms with Crippen molar-refractivity contribution in [2.45, 2.75) is 24.8 Å². The Morgan fingerprint density at radius 1 is 1.03 bits per heavy atom. The molecule has 0 spiro atoms. The van der Waals surface area contributed by atoms with E-state index in [2.05, 4.69) is 63.2 Å². The summed E-state index contributed by atoms with van der Waals surface area (Å²) in [6.45, 7) is 5.32. The predicted octanol–water partition coefficient (Wildman–Crippen LogP) is 3.02. The fourth-order valence-corrected chi connectivity index (χ4v) is 6.04. The van der Waals surface area contributed by atoms with Crippen LogP contribution in [0.2, 0.25) is 0 Å². The van der Waals surface area contributed by atoms with Gasteiger partial charge in [-0.15, -0.1) is 11.3 Å². The van der Waals surface area contributed by atoms with Gasteiger partial charge in [-0.05, 0) is 43.0 Å². The molecule has 2 aliphatic heterocycles. The number of nitrogens with zero attached hydrogens (tertiary/aromatic N) is 4. The van der Waals surface area contributed by atoms with Crippen LogP contribution in [-0.4, -0.2) is 77.9 Å². The first-order valence-corrected chi connectivity index (χ1v) is 12.3. The lowest BCUT2D eigenvalue weighted by Crippen LogP contribution is -2.57. The van der Waals surface area contributed by atoms with E-state index in [9.17, 15) is 9.59 Å². The minimum absolute atomic E-state index is 0.232. The predicted molar refractivity (Wildman–Crippen MR) is 128 cm³/mol. The summed E-state index contributed by atoms with van der Waals surface area (Å²) in [6, 6.07) is 14.9. The monoisotopic (exact) mass is 450 g/mol. The summed E-state index contributed by atoms with van der Waals surface area (Å²) in [5, 5.41) is 2.12. The summed E-state index contributed by atoms with van der Waals surface area (Å²) in [5.41, 5.74) is 2.93. The molecule has 2 aliphatic rings. The first kappa shape index (κ1) is 21.2. The molecule has 0 saturated carbocycles. The van der Waals surface area contributed by atoms with E-state index in [-0.39, 0.29) is 5.91 Å². The van der Waals surface area contributed by atoms with E-state index in [4.69, 9.17) is 0 Å². The van der Waals surface area contributed by atoms with Gasteiger partial charge in [-0.2, -0.15) is 0 Å². The van der Waals surface area contributed by atoms with Gasteiger partial charge in [0.25, 0.3) is 0 Å². The Hall–Kier alpha value is -2.64. The molecule has 2 saturated heterocycles. The highest BCUT2D eigenvalue weighted by Gasteiger charge is 2.47. The van der Waals surface area contributed by atoms with Crippen molar-refractivity contribution in [3.8, 4) is 0 Å². The number of carbonyl (C=O) groups excluding carboxylic acids is 2. The van der Waals surface area contributed by atoms with E-state index in [1.54, 1.807) is 11.3 Å². The summed E-state index contributed by atoms with van der Waals surface area (Å²) in [4.78, 5) is 31.8. The zero-order valence-corrected chi connectivity index (χ0v) is 19.4. The molecule has 2 amide bonds. The molecular formula is C25H30N4O2S. The molecule has 7 heteroatoms.